The van der Waals surface area contributed by atoms with Crippen LogP contribution < -0.4 is 5.32 Å². The normalized spacial score (nSPS) is 12.2. The minimum absolute atomic E-state index is 0.0793. The fourth-order valence-electron chi connectivity index (χ4n) is 2.06. The van der Waals surface area contributed by atoms with Gasteiger partial charge >= 0.3 is 0 Å². The molecule has 17 heavy (non-hydrogen) atoms. The summed E-state index contributed by atoms with van der Waals surface area (Å²) >= 11 is 0. The van der Waals surface area contributed by atoms with Crippen LogP contribution >= 0.6 is 0 Å². The average Bonchev–Trinajstić information content (AvgIpc) is 2.70. The Balaban J connectivity index is 2.35. The number of rotatable bonds is 4. The van der Waals surface area contributed by atoms with Gasteiger partial charge in [-0.2, -0.15) is 0 Å². The van der Waals surface area contributed by atoms with Crippen molar-refractivity contribution in [3.8, 4) is 0 Å². The summed E-state index contributed by atoms with van der Waals surface area (Å²) in [7, 11) is 1.98. The Bertz CT molecular complexity index is 511. The lowest BCUT2D eigenvalue weighted by Gasteiger charge is -2.21. The average molecular weight is 231 g/mol. The van der Waals surface area contributed by atoms with Crippen LogP contribution in [0, 0.1) is 6.92 Å². The lowest BCUT2D eigenvalue weighted by molar-refractivity contribution is 0.375. The Hall–Kier alpha value is -1.28. The Morgan fingerprint density at radius 2 is 2.00 bits per heavy atom. The van der Waals surface area contributed by atoms with E-state index in [-0.39, 0.29) is 5.41 Å². The molecule has 1 aromatic carbocycles. The van der Waals surface area contributed by atoms with Crippen LogP contribution in [0.4, 0.5) is 0 Å². The number of aryl methyl sites for hydroxylation is 1. The first-order chi connectivity index (χ1) is 8.03. The molecule has 0 amide bonds. The van der Waals surface area contributed by atoms with E-state index in [1.165, 1.54) is 10.9 Å². The standard InChI is InChI=1S/C15H21NO/c1-11-5-6-13-12(9-11)10-14(17-13)15(2,3)7-8-16-4/h5-6,9-10,16H,7-8H2,1-4H3. The van der Waals surface area contributed by atoms with Crippen molar-refractivity contribution in [2.45, 2.75) is 32.6 Å². The van der Waals surface area contributed by atoms with Crippen LogP contribution in [0.5, 0.6) is 0 Å². The van der Waals surface area contributed by atoms with Crippen LogP contribution in [0.1, 0.15) is 31.6 Å². The van der Waals surface area contributed by atoms with Gasteiger partial charge in [-0.15, -0.1) is 0 Å². The molecule has 0 atom stereocenters. The first kappa shape index (κ1) is 12.2. The van der Waals surface area contributed by atoms with Gasteiger partial charge in [-0.05, 0) is 45.1 Å². The SMILES string of the molecule is CNCCC(C)(C)c1cc2cc(C)ccc2o1. The van der Waals surface area contributed by atoms with Crippen molar-refractivity contribution in [1.82, 2.24) is 5.32 Å². The first-order valence-corrected chi connectivity index (χ1v) is 6.18. The van der Waals surface area contributed by atoms with Crippen LogP contribution in [-0.2, 0) is 5.41 Å². The molecule has 0 aliphatic rings. The molecule has 0 radical (unpaired) electrons. The van der Waals surface area contributed by atoms with E-state index in [2.05, 4.69) is 50.4 Å². The van der Waals surface area contributed by atoms with Gasteiger partial charge in [-0.1, -0.05) is 25.5 Å². The van der Waals surface area contributed by atoms with E-state index in [4.69, 9.17) is 4.42 Å². The van der Waals surface area contributed by atoms with Crippen molar-refractivity contribution in [1.29, 1.82) is 0 Å². The van der Waals surface area contributed by atoms with Gasteiger partial charge in [0.05, 0.1) is 0 Å². The fraction of sp³-hybridized carbons (Fsp3) is 0.467. The molecule has 1 aromatic heterocycles. The van der Waals surface area contributed by atoms with Gasteiger partial charge in [-0.3, -0.25) is 0 Å². The Labute approximate surface area is 103 Å². The summed E-state index contributed by atoms with van der Waals surface area (Å²) in [5.41, 5.74) is 2.34. The van der Waals surface area contributed by atoms with Gasteiger partial charge in [0.25, 0.3) is 0 Å². The minimum atomic E-state index is 0.0793. The highest BCUT2D eigenvalue weighted by atomic mass is 16.3. The van der Waals surface area contributed by atoms with Crippen LogP contribution in [0.3, 0.4) is 0 Å². The molecule has 2 rings (SSSR count). The maximum absolute atomic E-state index is 5.96. The number of hydrogen-bond donors (Lipinski definition) is 1. The van der Waals surface area contributed by atoms with E-state index in [1.54, 1.807) is 0 Å². The molecule has 0 saturated carbocycles. The summed E-state index contributed by atoms with van der Waals surface area (Å²) < 4.78 is 5.96. The van der Waals surface area contributed by atoms with Gasteiger partial charge in [0.2, 0.25) is 0 Å². The third kappa shape index (κ3) is 2.52. The van der Waals surface area contributed by atoms with Crippen molar-refractivity contribution in [2.75, 3.05) is 13.6 Å². The fourth-order valence-corrected chi connectivity index (χ4v) is 2.06. The molecule has 0 aliphatic carbocycles. The Kier molecular flexibility index (Phi) is 3.25. The topological polar surface area (TPSA) is 25.2 Å². The molecule has 2 aromatic rings. The largest absolute Gasteiger partial charge is 0.461 e. The number of hydrogen-bond acceptors (Lipinski definition) is 2. The maximum atomic E-state index is 5.96. The molecule has 1 heterocycles. The molecule has 0 saturated heterocycles. The van der Waals surface area contributed by atoms with Gasteiger partial charge in [0.15, 0.2) is 0 Å². The van der Waals surface area contributed by atoms with E-state index in [9.17, 15) is 0 Å². The van der Waals surface area contributed by atoms with Gasteiger partial charge in [-0.25, -0.2) is 0 Å². The lowest BCUT2D eigenvalue weighted by Crippen LogP contribution is -2.22. The van der Waals surface area contributed by atoms with E-state index in [0.29, 0.717) is 0 Å². The summed E-state index contributed by atoms with van der Waals surface area (Å²) in [6.07, 6.45) is 1.07. The second-order valence-electron chi connectivity index (χ2n) is 5.39. The van der Waals surface area contributed by atoms with E-state index >= 15 is 0 Å². The van der Waals surface area contributed by atoms with E-state index < -0.39 is 0 Å². The van der Waals surface area contributed by atoms with Crippen LogP contribution in [0.25, 0.3) is 11.0 Å². The molecule has 0 bridgehead atoms. The summed E-state index contributed by atoms with van der Waals surface area (Å²) in [5.74, 6) is 1.08. The molecule has 0 spiro atoms. The summed E-state index contributed by atoms with van der Waals surface area (Å²) in [4.78, 5) is 0. The molecule has 0 fully saturated rings. The van der Waals surface area contributed by atoms with Crippen molar-refractivity contribution < 1.29 is 4.42 Å². The second-order valence-corrected chi connectivity index (χ2v) is 5.39. The van der Waals surface area contributed by atoms with Crippen LogP contribution in [0.15, 0.2) is 28.7 Å². The van der Waals surface area contributed by atoms with Gasteiger partial charge in [0, 0.05) is 10.8 Å². The van der Waals surface area contributed by atoms with E-state index in [0.717, 1.165) is 24.3 Å². The summed E-state index contributed by atoms with van der Waals surface area (Å²) in [6, 6.07) is 8.51. The van der Waals surface area contributed by atoms with E-state index in [1.807, 2.05) is 7.05 Å². The highest BCUT2D eigenvalue weighted by Gasteiger charge is 2.24. The number of benzene rings is 1. The van der Waals surface area contributed by atoms with Gasteiger partial charge in [0.1, 0.15) is 11.3 Å². The minimum Gasteiger partial charge on any atom is -0.461 e. The highest BCUT2D eigenvalue weighted by molar-refractivity contribution is 5.78. The van der Waals surface area contributed by atoms with Gasteiger partial charge < -0.3 is 9.73 Å². The number of nitrogens with one attached hydrogen (secondary N) is 1. The monoisotopic (exact) mass is 231 g/mol. The molecule has 2 heteroatoms. The molecule has 0 unspecified atom stereocenters. The number of fused-ring (bicyclic) bond motifs is 1. The third-order valence-corrected chi connectivity index (χ3v) is 3.34. The second kappa shape index (κ2) is 4.53. The molecule has 0 aliphatic heterocycles. The molecular weight excluding hydrogens is 210 g/mol. The highest BCUT2D eigenvalue weighted by Crippen LogP contribution is 2.32. The summed E-state index contributed by atoms with van der Waals surface area (Å²) in [5, 5.41) is 4.40. The zero-order valence-corrected chi connectivity index (χ0v) is 11.1. The summed E-state index contributed by atoms with van der Waals surface area (Å²) in [6.45, 7) is 7.57. The molecule has 2 nitrogen and oxygen atoms in total. The lowest BCUT2D eigenvalue weighted by atomic mass is 9.86. The molecular formula is C15H21NO. The third-order valence-electron chi connectivity index (χ3n) is 3.34. The van der Waals surface area contributed by atoms with Crippen molar-refractivity contribution in [3.63, 3.8) is 0 Å². The van der Waals surface area contributed by atoms with Crippen molar-refractivity contribution in [3.05, 3.63) is 35.6 Å². The zero-order valence-electron chi connectivity index (χ0n) is 11.1. The van der Waals surface area contributed by atoms with Crippen molar-refractivity contribution >= 4 is 11.0 Å². The van der Waals surface area contributed by atoms with Crippen LogP contribution in [-0.4, -0.2) is 13.6 Å². The molecule has 92 valence electrons. The Morgan fingerprint density at radius 3 is 2.71 bits per heavy atom. The van der Waals surface area contributed by atoms with Crippen molar-refractivity contribution in [2.24, 2.45) is 0 Å². The Morgan fingerprint density at radius 1 is 1.24 bits per heavy atom. The smallest absolute Gasteiger partial charge is 0.134 e. The predicted molar refractivity (Wildman–Crippen MR) is 72.5 cm³/mol. The molecule has 1 N–H and O–H groups in total. The zero-order chi connectivity index (χ0) is 12.5. The predicted octanol–water partition coefficient (Wildman–Crippen LogP) is 3.63. The number of furan rings is 1. The quantitative estimate of drug-likeness (QED) is 0.869. The van der Waals surface area contributed by atoms with Crippen LogP contribution in [0.2, 0.25) is 0 Å². The first-order valence-electron chi connectivity index (χ1n) is 6.18. The maximum Gasteiger partial charge on any atom is 0.134 e.